The molecule has 39 heavy (non-hydrogen) atoms. The molecule has 0 aromatic heterocycles. The molecule has 10 nitrogen and oxygen atoms in total. The van der Waals surface area contributed by atoms with E-state index in [4.69, 9.17) is 18.9 Å². The minimum absolute atomic E-state index is 0.0982. The number of methoxy groups -OCH3 is 2. The minimum Gasteiger partial charge on any atom is -0.493 e. The van der Waals surface area contributed by atoms with Crippen LogP contribution >= 0.6 is 0 Å². The van der Waals surface area contributed by atoms with Crippen molar-refractivity contribution in [1.82, 2.24) is 4.90 Å². The maximum atomic E-state index is 13.8. The molecule has 3 aromatic carbocycles. The van der Waals surface area contributed by atoms with Crippen LogP contribution in [0.2, 0.25) is 0 Å². The van der Waals surface area contributed by atoms with Crippen LogP contribution in [0.1, 0.15) is 50.4 Å². The van der Waals surface area contributed by atoms with E-state index in [-0.39, 0.29) is 30.4 Å². The highest BCUT2D eigenvalue weighted by Crippen LogP contribution is 2.39. The van der Waals surface area contributed by atoms with Gasteiger partial charge in [-0.3, -0.25) is 14.9 Å². The third-order valence-electron chi connectivity index (χ3n) is 6.77. The molecule has 0 bridgehead atoms. The van der Waals surface area contributed by atoms with Crippen LogP contribution in [-0.2, 0) is 11.2 Å². The highest BCUT2D eigenvalue weighted by molar-refractivity contribution is 5.97. The van der Waals surface area contributed by atoms with E-state index in [0.29, 0.717) is 41.3 Å². The van der Waals surface area contributed by atoms with Gasteiger partial charge in [0.05, 0.1) is 37.4 Å². The number of nitro benzene ring substituents is 1. The highest BCUT2D eigenvalue weighted by Gasteiger charge is 2.34. The van der Waals surface area contributed by atoms with Gasteiger partial charge < -0.3 is 23.8 Å². The van der Waals surface area contributed by atoms with E-state index in [9.17, 15) is 19.7 Å². The van der Waals surface area contributed by atoms with E-state index in [0.717, 1.165) is 11.1 Å². The highest BCUT2D eigenvalue weighted by atomic mass is 16.6. The molecule has 0 saturated heterocycles. The zero-order valence-corrected chi connectivity index (χ0v) is 22.3. The summed E-state index contributed by atoms with van der Waals surface area (Å²) in [5, 5.41) is 11.5. The quantitative estimate of drug-likeness (QED) is 0.216. The van der Waals surface area contributed by atoms with Gasteiger partial charge in [-0.15, -0.1) is 0 Å². The van der Waals surface area contributed by atoms with E-state index in [1.54, 1.807) is 63.3 Å². The molecule has 0 fully saturated rings. The van der Waals surface area contributed by atoms with Crippen LogP contribution in [-0.4, -0.2) is 55.7 Å². The number of nitro groups is 1. The molecule has 1 aliphatic heterocycles. The van der Waals surface area contributed by atoms with Gasteiger partial charge in [0, 0.05) is 23.7 Å². The summed E-state index contributed by atoms with van der Waals surface area (Å²) in [5.74, 6) is 0.855. The zero-order chi connectivity index (χ0) is 28.1. The maximum absolute atomic E-state index is 13.8. The summed E-state index contributed by atoms with van der Waals surface area (Å²) >= 11 is 0. The molecule has 4 rings (SSSR count). The molecule has 1 aliphatic rings. The number of hydrogen-bond acceptors (Lipinski definition) is 8. The van der Waals surface area contributed by atoms with Crippen LogP contribution in [0.25, 0.3) is 0 Å². The van der Waals surface area contributed by atoms with Crippen LogP contribution in [0.3, 0.4) is 0 Å². The molecule has 0 aliphatic carbocycles. The molecule has 0 saturated carbocycles. The van der Waals surface area contributed by atoms with Crippen molar-refractivity contribution in [3.63, 3.8) is 0 Å². The Morgan fingerprint density at radius 1 is 1.05 bits per heavy atom. The summed E-state index contributed by atoms with van der Waals surface area (Å²) < 4.78 is 22.1. The number of benzene rings is 3. The van der Waals surface area contributed by atoms with Gasteiger partial charge in [-0.25, -0.2) is 4.79 Å². The van der Waals surface area contributed by atoms with Crippen molar-refractivity contribution in [1.29, 1.82) is 0 Å². The van der Waals surface area contributed by atoms with Crippen LogP contribution in [0, 0.1) is 17.0 Å². The lowest BCUT2D eigenvalue weighted by atomic mass is 9.91. The lowest BCUT2D eigenvalue weighted by Crippen LogP contribution is -2.42. The van der Waals surface area contributed by atoms with Gasteiger partial charge in [-0.1, -0.05) is 6.07 Å². The van der Waals surface area contributed by atoms with Gasteiger partial charge in [0.1, 0.15) is 12.4 Å². The molecule has 3 aromatic rings. The second-order valence-corrected chi connectivity index (χ2v) is 8.93. The SMILES string of the molecule is CCOC(=O)c1ccc(OCC2c3cc(OC)c(OC)cc3CCN2C(=O)c2cccc([N+](=O)[O-])c2C)cc1. The van der Waals surface area contributed by atoms with Crippen molar-refractivity contribution in [3.05, 3.63) is 92.5 Å². The first-order chi connectivity index (χ1) is 18.8. The number of ether oxygens (including phenoxy) is 4. The monoisotopic (exact) mass is 534 g/mol. The van der Waals surface area contributed by atoms with Gasteiger partial charge in [0.15, 0.2) is 11.5 Å². The van der Waals surface area contributed by atoms with Gasteiger partial charge in [-0.05, 0) is 73.9 Å². The standard InChI is InChI=1S/C29H30N2O8/c1-5-38-29(33)19-9-11-21(12-10-19)39-17-25-23-16-27(37-4)26(36-3)15-20(23)13-14-30(25)28(32)22-7-6-8-24(18(22)2)31(34)35/h6-12,15-16,25H,5,13-14,17H2,1-4H3. The Hall–Kier alpha value is -4.60. The van der Waals surface area contributed by atoms with Crippen molar-refractivity contribution in [3.8, 4) is 17.2 Å². The van der Waals surface area contributed by atoms with Crippen molar-refractivity contribution >= 4 is 17.6 Å². The number of nitrogens with zero attached hydrogens (tertiary/aromatic N) is 2. The average molecular weight is 535 g/mol. The molecule has 0 N–H and O–H groups in total. The van der Waals surface area contributed by atoms with E-state index in [1.807, 2.05) is 12.1 Å². The molecule has 1 atom stereocenters. The van der Waals surface area contributed by atoms with Gasteiger partial charge >= 0.3 is 5.97 Å². The van der Waals surface area contributed by atoms with E-state index < -0.39 is 16.9 Å². The normalized spacial score (nSPS) is 14.3. The molecule has 1 unspecified atom stereocenters. The molecule has 0 spiro atoms. The molecular weight excluding hydrogens is 504 g/mol. The molecule has 204 valence electrons. The van der Waals surface area contributed by atoms with Gasteiger partial charge in [0.25, 0.3) is 11.6 Å². The number of esters is 1. The second kappa shape index (κ2) is 11.8. The summed E-state index contributed by atoms with van der Waals surface area (Å²) in [4.78, 5) is 38.5. The topological polar surface area (TPSA) is 117 Å². The smallest absolute Gasteiger partial charge is 0.338 e. The van der Waals surface area contributed by atoms with Crippen molar-refractivity contribution in [2.45, 2.75) is 26.3 Å². The molecule has 1 amide bonds. The van der Waals surface area contributed by atoms with E-state index in [2.05, 4.69) is 0 Å². The fraction of sp³-hybridized carbons (Fsp3) is 0.310. The first-order valence-corrected chi connectivity index (χ1v) is 12.5. The number of hydrogen-bond donors (Lipinski definition) is 0. The second-order valence-electron chi connectivity index (χ2n) is 8.93. The third-order valence-corrected chi connectivity index (χ3v) is 6.77. The summed E-state index contributed by atoms with van der Waals surface area (Å²) in [5.41, 5.74) is 2.68. The molecule has 1 heterocycles. The third kappa shape index (κ3) is 5.64. The lowest BCUT2D eigenvalue weighted by Gasteiger charge is -2.38. The molecular formula is C29H30N2O8. The summed E-state index contributed by atoms with van der Waals surface area (Å²) in [7, 11) is 3.10. The number of fused-ring (bicyclic) bond motifs is 1. The zero-order valence-electron chi connectivity index (χ0n) is 22.3. The van der Waals surface area contributed by atoms with E-state index in [1.165, 1.54) is 12.1 Å². The van der Waals surface area contributed by atoms with Crippen LogP contribution in [0.5, 0.6) is 17.2 Å². The molecule has 0 radical (unpaired) electrons. The average Bonchev–Trinajstić information content (AvgIpc) is 2.95. The van der Waals surface area contributed by atoms with Gasteiger partial charge in [0.2, 0.25) is 0 Å². The van der Waals surface area contributed by atoms with E-state index >= 15 is 0 Å². The Balaban J connectivity index is 1.69. The summed E-state index contributed by atoms with van der Waals surface area (Å²) in [6.45, 7) is 4.07. The van der Waals surface area contributed by atoms with Crippen molar-refractivity contribution in [2.24, 2.45) is 0 Å². The minimum atomic E-state index is -0.524. The Morgan fingerprint density at radius 3 is 2.38 bits per heavy atom. The predicted octanol–water partition coefficient (Wildman–Crippen LogP) is 4.92. The lowest BCUT2D eigenvalue weighted by molar-refractivity contribution is -0.385. The fourth-order valence-corrected chi connectivity index (χ4v) is 4.74. The molecule has 10 heteroatoms. The first-order valence-electron chi connectivity index (χ1n) is 12.5. The summed E-state index contributed by atoms with van der Waals surface area (Å²) in [6.07, 6.45) is 0.556. The van der Waals surface area contributed by atoms with Gasteiger partial charge in [-0.2, -0.15) is 0 Å². The van der Waals surface area contributed by atoms with Crippen molar-refractivity contribution in [2.75, 3.05) is 34.0 Å². The number of carbonyl (C=O) groups excluding carboxylic acids is 2. The Bertz CT molecular complexity index is 1390. The fourth-order valence-electron chi connectivity index (χ4n) is 4.74. The van der Waals surface area contributed by atoms with Crippen LogP contribution in [0.15, 0.2) is 54.6 Å². The Labute approximate surface area is 226 Å². The first kappa shape index (κ1) is 27.4. The largest absolute Gasteiger partial charge is 0.493 e. The summed E-state index contributed by atoms with van der Waals surface area (Å²) in [6, 6.07) is 14.3. The van der Waals surface area contributed by atoms with Crippen LogP contribution in [0.4, 0.5) is 5.69 Å². The Kier molecular flexibility index (Phi) is 8.33. The number of carbonyl (C=O) groups is 2. The maximum Gasteiger partial charge on any atom is 0.338 e. The van der Waals surface area contributed by atoms with Crippen molar-refractivity contribution < 1.29 is 33.5 Å². The van der Waals surface area contributed by atoms with Crippen LogP contribution < -0.4 is 14.2 Å². The number of amides is 1. The number of rotatable bonds is 9. The Morgan fingerprint density at radius 2 is 1.74 bits per heavy atom. The predicted molar refractivity (Wildman–Crippen MR) is 143 cm³/mol.